The van der Waals surface area contributed by atoms with Crippen molar-refractivity contribution in [2.24, 2.45) is 5.41 Å². The Labute approximate surface area is 121 Å². The molecule has 0 saturated carbocycles. The summed E-state index contributed by atoms with van der Waals surface area (Å²) in [5.41, 5.74) is 2.17. The van der Waals surface area contributed by atoms with E-state index in [9.17, 15) is 4.79 Å². The molecule has 1 fully saturated rings. The Morgan fingerprint density at radius 3 is 2.63 bits per heavy atom. The lowest BCUT2D eigenvalue weighted by molar-refractivity contribution is 0.0769. The maximum Gasteiger partial charge on any atom is 0.254 e. The van der Waals surface area contributed by atoms with Crippen LogP contribution >= 0.6 is 12.6 Å². The van der Waals surface area contributed by atoms with Crippen LogP contribution in [0.15, 0.2) is 23.1 Å². The molecule has 0 radical (unpaired) electrons. The van der Waals surface area contributed by atoms with Gasteiger partial charge in [-0.3, -0.25) is 4.79 Å². The molecule has 1 aromatic carbocycles. The molecular formula is C16H23NOS. The smallest absolute Gasteiger partial charge is 0.254 e. The second-order valence-corrected chi connectivity index (χ2v) is 6.20. The number of carbonyl (C=O) groups excluding carboxylic acids is 1. The summed E-state index contributed by atoms with van der Waals surface area (Å²) >= 11 is 4.34. The van der Waals surface area contributed by atoms with E-state index in [1.165, 1.54) is 0 Å². The van der Waals surface area contributed by atoms with E-state index in [-0.39, 0.29) is 5.91 Å². The zero-order valence-electron chi connectivity index (χ0n) is 12.1. The van der Waals surface area contributed by atoms with Gasteiger partial charge in [-0.05, 0) is 49.3 Å². The van der Waals surface area contributed by atoms with Crippen LogP contribution < -0.4 is 0 Å². The van der Waals surface area contributed by atoms with Crippen LogP contribution in [-0.4, -0.2) is 23.9 Å². The predicted octanol–water partition coefficient (Wildman–Crippen LogP) is 3.94. The van der Waals surface area contributed by atoms with E-state index in [1.54, 1.807) is 0 Å². The van der Waals surface area contributed by atoms with Crippen molar-refractivity contribution in [3.63, 3.8) is 0 Å². The van der Waals surface area contributed by atoms with E-state index in [0.717, 1.165) is 48.4 Å². The second-order valence-electron chi connectivity index (χ2n) is 5.68. The van der Waals surface area contributed by atoms with Gasteiger partial charge in [0.25, 0.3) is 5.91 Å². The molecular weight excluding hydrogens is 254 g/mol. The van der Waals surface area contributed by atoms with E-state index < -0.39 is 0 Å². The van der Waals surface area contributed by atoms with Gasteiger partial charge in [-0.15, -0.1) is 12.6 Å². The topological polar surface area (TPSA) is 20.3 Å². The molecule has 2 rings (SSSR count). The van der Waals surface area contributed by atoms with Gasteiger partial charge >= 0.3 is 0 Å². The molecule has 1 aliphatic heterocycles. The first kappa shape index (κ1) is 14.4. The van der Waals surface area contributed by atoms with Crippen LogP contribution in [0.5, 0.6) is 0 Å². The van der Waals surface area contributed by atoms with Crippen molar-refractivity contribution in [3.8, 4) is 0 Å². The summed E-state index contributed by atoms with van der Waals surface area (Å²) in [5.74, 6) is 0.164. The minimum absolute atomic E-state index is 0.164. The normalized spacial score (nSPS) is 17.8. The van der Waals surface area contributed by atoms with Crippen LogP contribution in [0, 0.1) is 12.3 Å². The molecule has 0 N–H and O–H groups in total. The molecule has 19 heavy (non-hydrogen) atoms. The van der Waals surface area contributed by atoms with Crippen molar-refractivity contribution in [1.82, 2.24) is 4.90 Å². The van der Waals surface area contributed by atoms with Crippen molar-refractivity contribution in [1.29, 1.82) is 0 Å². The van der Waals surface area contributed by atoms with Crippen molar-refractivity contribution in [2.75, 3.05) is 13.1 Å². The Kier molecular flexibility index (Phi) is 4.24. The van der Waals surface area contributed by atoms with E-state index in [4.69, 9.17) is 0 Å². The number of nitrogens with zero attached hydrogens (tertiary/aromatic N) is 1. The monoisotopic (exact) mass is 277 g/mol. The highest BCUT2D eigenvalue weighted by atomic mass is 32.1. The van der Waals surface area contributed by atoms with Crippen molar-refractivity contribution >= 4 is 18.5 Å². The fraction of sp³-hybridized carbons (Fsp3) is 0.562. The number of amides is 1. The largest absolute Gasteiger partial charge is 0.338 e. The minimum atomic E-state index is 0.164. The van der Waals surface area contributed by atoms with Gasteiger partial charge in [0.15, 0.2) is 0 Å². The number of benzene rings is 1. The fourth-order valence-electron chi connectivity index (χ4n) is 2.95. The Morgan fingerprint density at radius 1 is 1.37 bits per heavy atom. The molecule has 1 aromatic rings. The Hall–Kier alpha value is -0.960. The van der Waals surface area contributed by atoms with Gasteiger partial charge in [0, 0.05) is 23.5 Å². The van der Waals surface area contributed by atoms with E-state index in [2.05, 4.69) is 26.5 Å². The van der Waals surface area contributed by atoms with Crippen LogP contribution in [0.3, 0.4) is 0 Å². The summed E-state index contributed by atoms with van der Waals surface area (Å²) in [6, 6.07) is 5.79. The third-order valence-corrected chi connectivity index (χ3v) is 4.96. The molecule has 1 aliphatic rings. The summed E-state index contributed by atoms with van der Waals surface area (Å²) in [4.78, 5) is 15.5. The van der Waals surface area contributed by atoms with Gasteiger partial charge in [0.1, 0.15) is 0 Å². The van der Waals surface area contributed by atoms with Crippen molar-refractivity contribution in [3.05, 3.63) is 29.3 Å². The molecule has 1 amide bonds. The average Bonchev–Trinajstić information content (AvgIpc) is 2.86. The van der Waals surface area contributed by atoms with Gasteiger partial charge in [-0.2, -0.15) is 0 Å². The first-order valence-corrected chi connectivity index (χ1v) is 7.55. The molecule has 0 aliphatic carbocycles. The predicted molar refractivity (Wildman–Crippen MR) is 82.0 cm³/mol. The van der Waals surface area contributed by atoms with E-state index in [1.807, 2.05) is 30.0 Å². The number of hydrogen-bond donors (Lipinski definition) is 1. The number of rotatable bonds is 3. The third-order valence-electron chi connectivity index (χ3n) is 4.68. The number of likely N-dealkylation sites (tertiary alicyclic amines) is 1. The highest BCUT2D eigenvalue weighted by Crippen LogP contribution is 2.37. The first-order valence-electron chi connectivity index (χ1n) is 7.10. The molecule has 0 aromatic heterocycles. The summed E-state index contributed by atoms with van der Waals surface area (Å²) < 4.78 is 0. The van der Waals surface area contributed by atoms with Gasteiger partial charge in [0.2, 0.25) is 0 Å². The Morgan fingerprint density at radius 2 is 2.05 bits per heavy atom. The third kappa shape index (κ3) is 2.81. The fourth-order valence-corrected chi connectivity index (χ4v) is 3.15. The number of carbonyl (C=O) groups is 1. The molecule has 0 unspecified atom stereocenters. The van der Waals surface area contributed by atoms with Crippen LogP contribution in [0.2, 0.25) is 0 Å². The number of hydrogen-bond acceptors (Lipinski definition) is 2. The minimum Gasteiger partial charge on any atom is -0.338 e. The Bertz CT molecular complexity index is 480. The zero-order valence-corrected chi connectivity index (χ0v) is 13.0. The van der Waals surface area contributed by atoms with E-state index >= 15 is 0 Å². The lowest BCUT2D eigenvalue weighted by Crippen LogP contribution is -2.32. The number of thiol groups is 1. The number of aryl methyl sites for hydroxylation is 1. The molecule has 104 valence electrons. The highest BCUT2D eigenvalue weighted by molar-refractivity contribution is 7.80. The van der Waals surface area contributed by atoms with Gasteiger partial charge in [-0.1, -0.05) is 19.9 Å². The summed E-state index contributed by atoms with van der Waals surface area (Å²) in [6.45, 7) is 8.24. The molecule has 3 heteroatoms. The van der Waals surface area contributed by atoms with Crippen molar-refractivity contribution < 1.29 is 4.79 Å². The maximum atomic E-state index is 12.6. The SMILES string of the molecule is CCC1(CC)CCN(C(=O)c2cc(S)ccc2C)C1. The maximum absolute atomic E-state index is 12.6. The highest BCUT2D eigenvalue weighted by Gasteiger charge is 2.37. The lowest BCUT2D eigenvalue weighted by Gasteiger charge is -2.26. The second kappa shape index (κ2) is 5.58. The zero-order chi connectivity index (χ0) is 14.0. The molecule has 0 bridgehead atoms. The lowest BCUT2D eigenvalue weighted by atomic mass is 9.82. The molecule has 1 saturated heterocycles. The average molecular weight is 277 g/mol. The molecule has 2 nitrogen and oxygen atoms in total. The molecule has 0 atom stereocenters. The van der Waals surface area contributed by atoms with Gasteiger partial charge < -0.3 is 4.90 Å². The first-order chi connectivity index (χ1) is 9.01. The molecule has 0 spiro atoms. The Balaban J connectivity index is 2.20. The standard InChI is InChI=1S/C16H23NOS/c1-4-16(5-2)8-9-17(11-16)15(18)14-10-13(19)7-6-12(14)3/h6-7,10,19H,4-5,8-9,11H2,1-3H3. The summed E-state index contributed by atoms with van der Waals surface area (Å²) in [5, 5.41) is 0. The quantitative estimate of drug-likeness (QED) is 0.830. The van der Waals surface area contributed by atoms with Gasteiger partial charge in [-0.25, -0.2) is 0 Å². The van der Waals surface area contributed by atoms with Crippen LogP contribution in [0.1, 0.15) is 49.0 Å². The summed E-state index contributed by atoms with van der Waals surface area (Å²) in [6.07, 6.45) is 3.43. The van der Waals surface area contributed by atoms with Gasteiger partial charge in [0.05, 0.1) is 0 Å². The van der Waals surface area contributed by atoms with Crippen LogP contribution in [0.4, 0.5) is 0 Å². The van der Waals surface area contributed by atoms with Crippen molar-refractivity contribution in [2.45, 2.75) is 44.9 Å². The van der Waals surface area contributed by atoms with Crippen LogP contribution in [-0.2, 0) is 0 Å². The van der Waals surface area contributed by atoms with E-state index in [0.29, 0.717) is 5.41 Å². The van der Waals surface area contributed by atoms with Crippen LogP contribution in [0.25, 0.3) is 0 Å². The summed E-state index contributed by atoms with van der Waals surface area (Å²) in [7, 11) is 0. The molecule has 1 heterocycles.